The second-order valence-electron chi connectivity index (χ2n) is 3.00. The molecule has 0 radical (unpaired) electrons. The molecule has 0 aliphatic rings. The molecule has 0 spiro atoms. The van der Waals surface area contributed by atoms with Crippen LogP contribution < -0.4 is 16.5 Å². The Bertz CT molecular complexity index is 467. The Labute approximate surface area is 97.1 Å². The number of rotatable bonds is 4. The van der Waals surface area contributed by atoms with Gasteiger partial charge in [-0.2, -0.15) is 5.26 Å². The highest BCUT2D eigenvalue weighted by molar-refractivity contribution is 5.88. The molecule has 1 aromatic carbocycles. The lowest BCUT2D eigenvalue weighted by molar-refractivity contribution is -0.124. The molecule has 0 aromatic heterocycles. The van der Waals surface area contributed by atoms with Gasteiger partial charge in [-0.05, 0) is 18.2 Å². The molecule has 0 aliphatic carbocycles. The highest BCUT2D eigenvalue weighted by Crippen LogP contribution is 2.09. The Morgan fingerprint density at radius 1 is 1.47 bits per heavy atom. The molecule has 0 unspecified atom stereocenters. The summed E-state index contributed by atoms with van der Waals surface area (Å²) >= 11 is 0. The van der Waals surface area contributed by atoms with E-state index in [2.05, 4.69) is 10.2 Å². The van der Waals surface area contributed by atoms with Crippen molar-refractivity contribution in [3.63, 3.8) is 0 Å². The molecule has 88 valence electrons. The van der Waals surface area contributed by atoms with E-state index in [4.69, 9.17) is 11.0 Å². The number of urea groups is 1. The number of nitriles is 1. The Balaban J connectivity index is 2.45. The highest BCUT2D eigenvalue weighted by Gasteiger charge is 2.03. The quantitative estimate of drug-likeness (QED) is 0.640. The van der Waals surface area contributed by atoms with Crippen LogP contribution in [0.2, 0.25) is 0 Å². The molecule has 0 aliphatic heterocycles. The lowest BCUT2D eigenvalue weighted by Gasteiger charge is -2.06. The molecule has 1 rings (SSSR count). The highest BCUT2D eigenvalue weighted by atomic mass is 16.7. The van der Waals surface area contributed by atoms with Gasteiger partial charge < -0.3 is 11.1 Å². The summed E-state index contributed by atoms with van der Waals surface area (Å²) in [6.07, 6.45) is 0. The minimum atomic E-state index is -0.697. The molecule has 17 heavy (non-hydrogen) atoms. The van der Waals surface area contributed by atoms with Crippen LogP contribution in [0.1, 0.15) is 5.56 Å². The van der Waals surface area contributed by atoms with Gasteiger partial charge in [0.15, 0.2) is 6.61 Å². The number of hydrogen-bond acceptors (Lipinski definition) is 4. The maximum atomic E-state index is 11.2. The minimum absolute atomic E-state index is 0.411. The number of nitrogens with one attached hydrogen (secondary N) is 2. The number of benzene rings is 1. The molecule has 0 atom stereocenters. The molecule has 0 heterocycles. The predicted molar refractivity (Wildman–Crippen MR) is 58.5 cm³/mol. The summed E-state index contributed by atoms with van der Waals surface area (Å²) in [6.45, 7) is -0.411. The summed E-state index contributed by atoms with van der Waals surface area (Å²) in [6, 6.07) is 7.60. The summed E-state index contributed by atoms with van der Waals surface area (Å²) in [5.74, 6) is -0.697. The standard InChI is InChI=1S/C10H10N4O3/c11-5-7-2-1-3-8(4-7)13-10(16)14-17-6-9(12)15/h1-4H,6H2,(H2,12,15)(H2,13,14,16). The third kappa shape index (κ3) is 4.63. The predicted octanol–water partition coefficient (Wildman–Crippen LogP) is 0.0967. The number of hydrogen-bond donors (Lipinski definition) is 3. The van der Waals surface area contributed by atoms with Crippen LogP contribution in [0.4, 0.5) is 10.5 Å². The normalized spacial score (nSPS) is 9.12. The van der Waals surface area contributed by atoms with Crippen LogP contribution in [-0.2, 0) is 9.63 Å². The van der Waals surface area contributed by atoms with Gasteiger partial charge in [0.1, 0.15) is 0 Å². The largest absolute Gasteiger partial charge is 0.368 e. The summed E-state index contributed by atoms with van der Waals surface area (Å²) in [7, 11) is 0. The average Bonchev–Trinajstić information content (AvgIpc) is 2.28. The van der Waals surface area contributed by atoms with E-state index in [0.29, 0.717) is 11.3 Å². The van der Waals surface area contributed by atoms with Gasteiger partial charge in [-0.3, -0.25) is 9.63 Å². The Morgan fingerprint density at radius 3 is 2.88 bits per heavy atom. The van der Waals surface area contributed by atoms with Crippen molar-refractivity contribution in [1.82, 2.24) is 5.48 Å². The van der Waals surface area contributed by atoms with Crippen LogP contribution in [0.25, 0.3) is 0 Å². The second-order valence-corrected chi connectivity index (χ2v) is 3.00. The van der Waals surface area contributed by atoms with Gasteiger partial charge >= 0.3 is 6.03 Å². The first-order valence-corrected chi connectivity index (χ1v) is 4.59. The van der Waals surface area contributed by atoms with Crippen molar-refractivity contribution < 1.29 is 14.4 Å². The SMILES string of the molecule is N#Cc1cccc(NC(=O)NOCC(N)=O)c1. The van der Waals surface area contributed by atoms with Gasteiger partial charge in [-0.1, -0.05) is 6.07 Å². The number of carbonyl (C=O) groups excluding carboxylic acids is 2. The van der Waals surface area contributed by atoms with Crippen molar-refractivity contribution in [2.24, 2.45) is 5.73 Å². The first-order chi connectivity index (χ1) is 8.11. The zero-order chi connectivity index (χ0) is 12.7. The molecule has 0 saturated carbocycles. The van der Waals surface area contributed by atoms with E-state index in [1.165, 1.54) is 6.07 Å². The van der Waals surface area contributed by atoms with Crippen LogP contribution in [0, 0.1) is 11.3 Å². The van der Waals surface area contributed by atoms with E-state index in [0.717, 1.165) is 0 Å². The Hall–Kier alpha value is -2.59. The molecular weight excluding hydrogens is 224 g/mol. The van der Waals surface area contributed by atoms with Gasteiger partial charge in [0.25, 0.3) is 0 Å². The first kappa shape index (κ1) is 12.5. The van der Waals surface area contributed by atoms with Crippen LogP contribution in [-0.4, -0.2) is 18.5 Å². The van der Waals surface area contributed by atoms with E-state index >= 15 is 0 Å². The summed E-state index contributed by atoms with van der Waals surface area (Å²) < 4.78 is 0. The molecule has 0 saturated heterocycles. The van der Waals surface area contributed by atoms with Crippen molar-refractivity contribution in [2.45, 2.75) is 0 Å². The van der Waals surface area contributed by atoms with Crippen LogP contribution in [0.5, 0.6) is 0 Å². The van der Waals surface area contributed by atoms with Crippen molar-refractivity contribution in [1.29, 1.82) is 5.26 Å². The Morgan fingerprint density at radius 2 is 2.24 bits per heavy atom. The smallest absolute Gasteiger partial charge is 0.343 e. The molecule has 0 fully saturated rings. The first-order valence-electron chi connectivity index (χ1n) is 4.59. The summed E-state index contributed by atoms with van der Waals surface area (Å²) in [5, 5.41) is 11.1. The van der Waals surface area contributed by atoms with Crippen LogP contribution in [0.15, 0.2) is 24.3 Å². The van der Waals surface area contributed by atoms with Gasteiger partial charge in [-0.15, -0.1) is 0 Å². The molecule has 4 N–H and O–H groups in total. The van der Waals surface area contributed by atoms with Crippen molar-refractivity contribution >= 4 is 17.6 Å². The van der Waals surface area contributed by atoms with Gasteiger partial charge in [0, 0.05) is 5.69 Å². The van der Waals surface area contributed by atoms with Gasteiger partial charge in [0.2, 0.25) is 5.91 Å². The minimum Gasteiger partial charge on any atom is -0.368 e. The fourth-order valence-electron chi connectivity index (χ4n) is 0.996. The van der Waals surface area contributed by atoms with Crippen molar-refractivity contribution in [2.75, 3.05) is 11.9 Å². The van der Waals surface area contributed by atoms with Gasteiger partial charge in [-0.25, -0.2) is 10.3 Å². The van der Waals surface area contributed by atoms with E-state index in [-0.39, 0.29) is 0 Å². The van der Waals surface area contributed by atoms with Crippen molar-refractivity contribution in [3.05, 3.63) is 29.8 Å². The summed E-state index contributed by atoms with van der Waals surface area (Å²) in [5.41, 5.74) is 7.62. The van der Waals surface area contributed by atoms with E-state index in [1.54, 1.807) is 18.2 Å². The number of nitrogens with two attached hydrogens (primary N) is 1. The van der Waals surface area contributed by atoms with Crippen LogP contribution >= 0.6 is 0 Å². The second kappa shape index (κ2) is 6.09. The zero-order valence-electron chi connectivity index (χ0n) is 8.77. The number of nitrogens with zero attached hydrogens (tertiary/aromatic N) is 1. The monoisotopic (exact) mass is 234 g/mol. The molecule has 0 bridgehead atoms. The fourth-order valence-corrected chi connectivity index (χ4v) is 0.996. The number of amides is 3. The average molecular weight is 234 g/mol. The van der Waals surface area contributed by atoms with E-state index < -0.39 is 18.5 Å². The van der Waals surface area contributed by atoms with Crippen LogP contribution in [0.3, 0.4) is 0 Å². The fraction of sp³-hybridized carbons (Fsp3) is 0.100. The van der Waals surface area contributed by atoms with E-state index in [1.807, 2.05) is 11.5 Å². The number of primary amides is 1. The molecular formula is C10H10N4O3. The topological polar surface area (TPSA) is 117 Å². The molecule has 7 nitrogen and oxygen atoms in total. The maximum absolute atomic E-state index is 11.2. The third-order valence-corrected chi connectivity index (χ3v) is 1.63. The number of hydroxylamine groups is 1. The lowest BCUT2D eigenvalue weighted by Crippen LogP contribution is -2.32. The maximum Gasteiger partial charge on any atom is 0.343 e. The number of anilines is 1. The number of carbonyl (C=O) groups is 2. The van der Waals surface area contributed by atoms with Crippen molar-refractivity contribution in [3.8, 4) is 6.07 Å². The molecule has 3 amide bonds. The molecule has 1 aromatic rings. The lowest BCUT2D eigenvalue weighted by atomic mass is 10.2. The third-order valence-electron chi connectivity index (χ3n) is 1.63. The van der Waals surface area contributed by atoms with Gasteiger partial charge in [0.05, 0.1) is 11.6 Å². The molecule has 7 heteroatoms. The Kier molecular flexibility index (Phi) is 4.47. The summed E-state index contributed by atoms with van der Waals surface area (Å²) in [4.78, 5) is 26.0. The zero-order valence-corrected chi connectivity index (χ0v) is 8.77. The van der Waals surface area contributed by atoms with E-state index in [9.17, 15) is 9.59 Å².